The van der Waals surface area contributed by atoms with E-state index in [4.69, 9.17) is 15.4 Å². The fourth-order valence-corrected chi connectivity index (χ4v) is 2.07. The third-order valence-electron chi connectivity index (χ3n) is 2.61. The number of nitrogens with two attached hydrogens (primary N) is 1. The van der Waals surface area contributed by atoms with Gasteiger partial charge in [-0.2, -0.15) is 0 Å². The molecule has 0 bridgehead atoms. The highest BCUT2D eigenvalue weighted by atomic mass is 79.9. The SMILES string of the molecule is Cc1cc(C(=O)Nc2ccc(/C(N)=N/O)cc2Br)co1. The van der Waals surface area contributed by atoms with E-state index in [1.807, 2.05) is 0 Å². The van der Waals surface area contributed by atoms with Crippen LogP contribution in [0.25, 0.3) is 0 Å². The second-order valence-electron chi connectivity index (χ2n) is 4.08. The lowest BCUT2D eigenvalue weighted by Gasteiger charge is -2.07. The van der Waals surface area contributed by atoms with Crippen LogP contribution in [0.5, 0.6) is 0 Å². The highest BCUT2D eigenvalue weighted by Crippen LogP contribution is 2.24. The number of benzene rings is 1. The first-order valence-corrected chi connectivity index (χ1v) is 6.44. The first-order valence-electron chi connectivity index (χ1n) is 5.65. The van der Waals surface area contributed by atoms with Gasteiger partial charge in [0, 0.05) is 10.0 Å². The Hall–Kier alpha value is -2.28. The number of hydrogen-bond acceptors (Lipinski definition) is 4. The van der Waals surface area contributed by atoms with Gasteiger partial charge < -0.3 is 20.7 Å². The van der Waals surface area contributed by atoms with Crippen molar-refractivity contribution in [1.29, 1.82) is 0 Å². The average molecular weight is 338 g/mol. The molecule has 0 saturated heterocycles. The van der Waals surface area contributed by atoms with Gasteiger partial charge in [-0.15, -0.1) is 0 Å². The molecule has 7 heteroatoms. The molecule has 6 nitrogen and oxygen atoms in total. The number of aryl methyl sites for hydroxylation is 1. The maximum absolute atomic E-state index is 12.0. The highest BCUT2D eigenvalue weighted by molar-refractivity contribution is 9.10. The molecule has 0 atom stereocenters. The van der Waals surface area contributed by atoms with Crippen LogP contribution in [0.3, 0.4) is 0 Å². The number of hydrogen-bond donors (Lipinski definition) is 3. The number of carbonyl (C=O) groups is 1. The lowest BCUT2D eigenvalue weighted by atomic mass is 10.2. The number of anilines is 1. The highest BCUT2D eigenvalue weighted by Gasteiger charge is 2.11. The summed E-state index contributed by atoms with van der Waals surface area (Å²) in [6.07, 6.45) is 1.39. The maximum Gasteiger partial charge on any atom is 0.258 e. The van der Waals surface area contributed by atoms with E-state index in [0.717, 1.165) is 0 Å². The molecule has 2 aromatic rings. The summed E-state index contributed by atoms with van der Waals surface area (Å²) in [4.78, 5) is 12.0. The number of halogens is 1. The number of amidine groups is 1. The standard InChI is InChI=1S/C13H12BrN3O3/c1-7-4-9(6-20-7)13(18)16-11-3-2-8(5-10(11)14)12(15)17-19/h2-6,19H,1H3,(H2,15,17)(H,16,18). The molecule has 0 aliphatic rings. The average Bonchev–Trinajstić information content (AvgIpc) is 2.86. The number of nitrogens with one attached hydrogen (secondary N) is 1. The van der Waals surface area contributed by atoms with Gasteiger partial charge in [0.25, 0.3) is 5.91 Å². The molecule has 2 rings (SSSR count). The molecular weight excluding hydrogens is 326 g/mol. The molecular formula is C13H12BrN3O3. The Morgan fingerprint density at radius 2 is 2.15 bits per heavy atom. The lowest BCUT2D eigenvalue weighted by molar-refractivity contribution is 0.102. The molecule has 1 aromatic heterocycles. The van der Waals surface area contributed by atoms with E-state index in [1.54, 1.807) is 31.2 Å². The van der Waals surface area contributed by atoms with Crippen LogP contribution in [0.15, 0.2) is 44.6 Å². The zero-order valence-corrected chi connectivity index (χ0v) is 12.1. The minimum Gasteiger partial charge on any atom is -0.469 e. The van der Waals surface area contributed by atoms with Crippen molar-refractivity contribution in [3.05, 3.63) is 51.9 Å². The summed E-state index contributed by atoms with van der Waals surface area (Å²) in [7, 11) is 0. The summed E-state index contributed by atoms with van der Waals surface area (Å²) in [6.45, 7) is 1.76. The maximum atomic E-state index is 12.0. The quantitative estimate of drug-likeness (QED) is 0.347. The number of rotatable bonds is 3. The predicted molar refractivity (Wildman–Crippen MR) is 78.1 cm³/mol. The van der Waals surface area contributed by atoms with Crippen molar-refractivity contribution in [1.82, 2.24) is 0 Å². The van der Waals surface area contributed by atoms with E-state index in [2.05, 4.69) is 26.4 Å². The zero-order valence-electron chi connectivity index (χ0n) is 10.6. The first-order chi connectivity index (χ1) is 9.51. The van der Waals surface area contributed by atoms with Gasteiger partial charge in [-0.05, 0) is 47.1 Å². The normalized spacial score (nSPS) is 11.4. The first kappa shape index (κ1) is 14.1. The fraction of sp³-hybridized carbons (Fsp3) is 0.0769. The number of carbonyl (C=O) groups excluding carboxylic acids is 1. The van der Waals surface area contributed by atoms with Gasteiger partial charge in [-0.25, -0.2) is 0 Å². The third kappa shape index (κ3) is 3.00. The van der Waals surface area contributed by atoms with Crippen LogP contribution in [0.1, 0.15) is 21.7 Å². The van der Waals surface area contributed by atoms with Crippen LogP contribution in [0, 0.1) is 6.92 Å². The zero-order chi connectivity index (χ0) is 14.7. The second kappa shape index (κ2) is 5.79. The topological polar surface area (TPSA) is 101 Å². The summed E-state index contributed by atoms with van der Waals surface area (Å²) in [5.41, 5.74) is 7.04. The molecule has 4 N–H and O–H groups in total. The van der Waals surface area contributed by atoms with Crippen molar-refractivity contribution in [2.24, 2.45) is 10.9 Å². The van der Waals surface area contributed by atoms with E-state index in [1.165, 1.54) is 6.26 Å². The number of furan rings is 1. The molecule has 0 spiro atoms. The van der Waals surface area contributed by atoms with Gasteiger partial charge in [0.05, 0.1) is 11.3 Å². The van der Waals surface area contributed by atoms with Crippen LogP contribution in [0.4, 0.5) is 5.69 Å². The van der Waals surface area contributed by atoms with Crippen LogP contribution in [0.2, 0.25) is 0 Å². The summed E-state index contributed by atoms with van der Waals surface area (Å²) in [6, 6.07) is 6.58. The molecule has 104 valence electrons. The monoisotopic (exact) mass is 337 g/mol. The molecule has 0 radical (unpaired) electrons. The van der Waals surface area contributed by atoms with Gasteiger partial charge in [0.15, 0.2) is 5.84 Å². The molecule has 0 saturated carbocycles. The van der Waals surface area contributed by atoms with Gasteiger partial charge in [-0.3, -0.25) is 4.79 Å². The summed E-state index contributed by atoms with van der Waals surface area (Å²) < 4.78 is 5.71. The van der Waals surface area contributed by atoms with E-state index in [-0.39, 0.29) is 11.7 Å². The lowest BCUT2D eigenvalue weighted by Crippen LogP contribution is -2.14. The minimum atomic E-state index is -0.279. The minimum absolute atomic E-state index is 0.00552. The van der Waals surface area contributed by atoms with Crippen molar-refractivity contribution < 1.29 is 14.4 Å². The Bertz CT molecular complexity index is 679. The third-order valence-corrected chi connectivity index (χ3v) is 3.27. The fourth-order valence-electron chi connectivity index (χ4n) is 1.59. The molecule has 1 amide bonds. The number of amides is 1. The van der Waals surface area contributed by atoms with E-state index in [9.17, 15) is 4.79 Å². The van der Waals surface area contributed by atoms with Crippen molar-refractivity contribution in [3.8, 4) is 0 Å². The molecule has 0 fully saturated rings. The van der Waals surface area contributed by atoms with E-state index >= 15 is 0 Å². The van der Waals surface area contributed by atoms with E-state index < -0.39 is 0 Å². The van der Waals surface area contributed by atoms with Gasteiger partial charge >= 0.3 is 0 Å². The molecule has 0 unspecified atom stereocenters. The molecule has 0 aliphatic carbocycles. The second-order valence-corrected chi connectivity index (χ2v) is 4.93. The van der Waals surface area contributed by atoms with Gasteiger partial charge in [-0.1, -0.05) is 5.16 Å². The molecule has 1 aromatic carbocycles. The molecule has 0 aliphatic heterocycles. The van der Waals surface area contributed by atoms with Crippen LogP contribution >= 0.6 is 15.9 Å². The summed E-state index contributed by atoms with van der Waals surface area (Å²) in [5.74, 6) is 0.379. The molecule has 20 heavy (non-hydrogen) atoms. The van der Waals surface area contributed by atoms with E-state index in [0.29, 0.717) is 27.0 Å². The predicted octanol–water partition coefficient (Wildman–Crippen LogP) is 2.70. The van der Waals surface area contributed by atoms with Crippen molar-refractivity contribution >= 4 is 33.4 Å². The Morgan fingerprint density at radius 3 is 2.70 bits per heavy atom. The number of oxime groups is 1. The Labute approximate surface area is 123 Å². The largest absolute Gasteiger partial charge is 0.469 e. The van der Waals surface area contributed by atoms with Crippen LogP contribution < -0.4 is 11.1 Å². The van der Waals surface area contributed by atoms with Crippen molar-refractivity contribution in [2.45, 2.75) is 6.92 Å². The van der Waals surface area contributed by atoms with Gasteiger partial charge in [0.1, 0.15) is 12.0 Å². The Balaban J connectivity index is 2.20. The smallest absolute Gasteiger partial charge is 0.258 e. The Morgan fingerprint density at radius 1 is 1.40 bits per heavy atom. The Kier molecular flexibility index (Phi) is 4.09. The van der Waals surface area contributed by atoms with Crippen molar-refractivity contribution in [3.63, 3.8) is 0 Å². The van der Waals surface area contributed by atoms with Gasteiger partial charge in [0.2, 0.25) is 0 Å². The number of nitrogens with zero attached hydrogens (tertiary/aromatic N) is 1. The summed E-state index contributed by atoms with van der Waals surface area (Å²) in [5, 5.41) is 14.3. The summed E-state index contributed by atoms with van der Waals surface area (Å²) >= 11 is 3.32. The van der Waals surface area contributed by atoms with Crippen LogP contribution in [-0.2, 0) is 0 Å². The van der Waals surface area contributed by atoms with Crippen molar-refractivity contribution in [2.75, 3.05) is 5.32 Å². The van der Waals surface area contributed by atoms with Crippen LogP contribution in [-0.4, -0.2) is 17.0 Å². The molecule has 1 heterocycles.